The summed E-state index contributed by atoms with van der Waals surface area (Å²) in [5.74, 6) is 1.47. The minimum atomic E-state index is 0.658. The molecule has 0 saturated heterocycles. The summed E-state index contributed by atoms with van der Waals surface area (Å²) in [5.41, 5.74) is 1.12. The monoisotopic (exact) mass is 223 g/mol. The molecule has 0 unspecified atom stereocenters. The third kappa shape index (κ3) is 5.29. The van der Waals surface area contributed by atoms with E-state index in [0.29, 0.717) is 5.92 Å². The number of aryl methyl sites for hydroxylation is 1. The maximum absolute atomic E-state index is 4.18. The van der Waals surface area contributed by atoms with E-state index in [1.807, 2.05) is 4.68 Å². The van der Waals surface area contributed by atoms with E-state index in [-0.39, 0.29) is 0 Å². The van der Waals surface area contributed by atoms with Crippen molar-refractivity contribution in [3.05, 3.63) is 11.9 Å². The van der Waals surface area contributed by atoms with Gasteiger partial charge < -0.3 is 0 Å². The maximum atomic E-state index is 4.18. The van der Waals surface area contributed by atoms with Crippen molar-refractivity contribution >= 4 is 0 Å². The fourth-order valence-corrected chi connectivity index (χ4v) is 1.79. The number of unbranched alkanes of at least 4 members (excludes halogenated alkanes) is 1. The van der Waals surface area contributed by atoms with Gasteiger partial charge in [0.2, 0.25) is 0 Å². The van der Waals surface area contributed by atoms with Crippen molar-refractivity contribution < 1.29 is 0 Å². The SMILES string of the molecule is CC(C)CCCCn1cc(CC(C)C)nn1. The number of rotatable bonds is 7. The van der Waals surface area contributed by atoms with Gasteiger partial charge in [-0.05, 0) is 24.7 Å². The maximum Gasteiger partial charge on any atom is 0.0829 e. The van der Waals surface area contributed by atoms with Crippen LogP contribution in [-0.2, 0) is 13.0 Å². The van der Waals surface area contributed by atoms with Crippen LogP contribution in [-0.4, -0.2) is 15.0 Å². The molecule has 0 aliphatic rings. The molecular formula is C13H25N3. The number of hydrogen-bond donors (Lipinski definition) is 0. The Balaban J connectivity index is 2.24. The van der Waals surface area contributed by atoms with Crippen LogP contribution in [0.3, 0.4) is 0 Å². The van der Waals surface area contributed by atoms with Crippen LogP contribution in [0.1, 0.15) is 52.7 Å². The normalized spacial score (nSPS) is 11.6. The second kappa shape index (κ2) is 6.66. The van der Waals surface area contributed by atoms with Crippen LogP contribution in [0.5, 0.6) is 0 Å². The van der Waals surface area contributed by atoms with Crippen LogP contribution in [0.25, 0.3) is 0 Å². The van der Waals surface area contributed by atoms with Gasteiger partial charge in [-0.2, -0.15) is 0 Å². The summed E-state index contributed by atoms with van der Waals surface area (Å²) >= 11 is 0. The summed E-state index contributed by atoms with van der Waals surface area (Å²) in [4.78, 5) is 0. The molecule has 0 radical (unpaired) electrons. The molecule has 3 nitrogen and oxygen atoms in total. The molecule has 0 aromatic carbocycles. The lowest BCUT2D eigenvalue weighted by Crippen LogP contribution is -1.99. The van der Waals surface area contributed by atoms with Gasteiger partial charge in [-0.15, -0.1) is 5.10 Å². The zero-order valence-corrected chi connectivity index (χ0v) is 11.1. The lowest BCUT2D eigenvalue weighted by molar-refractivity contribution is 0.485. The smallest absolute Gasteiger partial charge is 0.0829 e. The van der Waals surface area contributed by atoms with E-state index in [1.54, 1.807) is 0 Å². The Morgan fingerprint density at radius 2 is 1.88 bits per heavy atom. The van der Waals surface area contributed by atoms with Crippen molar-refractivity contribution in [2.75, 3.05) is 0 Å². The van der Waals surface area contributed by atoms with Crippen LogP contribution < -0.4 is 0 Å². The molecule has 0 aliphatic carbocycles. The van der Waals surface area contributed by atoms with Crippen LogP contribution in [0.2, 0.25) is 0 Å². The molecule has 1 aromatic heterocycles. The first-order valence-corrected chi connectivity index (χ1v) is 6.47. The molecular weight excluding hydrogens is 198 g/mol. The topological polar surface area (TPSA) is 30.7 Å². The summed E-state index contributed by atoms with van der Waals surface area (Å²) in [5, 5.41) is 8.34. The number of hydrogen-bond acceptors (Lipinski definition) is 2. The van der Waals surface area contributed by atoms with Crippen molar-refractivity contribution in [2.24, 2.45) is 11.8 Å². The van der Waals surface area contributed by atoms with E-state index >= 15 is 0 Å². The lowest BCUT2D eigenvalue weighted by atomic mass is 10.1. The second-order valence-electron chi connectivity index (χ2n) is 5.46. The van der Waals surface area contributed by atoms with Gasteiger partial charge in [0.15, 0.2) is 0 Å². The van der Waals surface area contributed by atoms with E-state index in [0.717, 1.165) is 24.6 Å². The Kier molecular flexibility index (Phi) is 5.50. The van der Waals surface area contributed by atoms with Gasteiger partial charge in [-0.1, -0.05) is 45.7 Å². The quantitative estimate of drug-likeness (QED) is 0.664. The molecule has 0 saturated carbocycles. The predicted octanol–water partition coefficient (Wildman–Crippen LogP) is 3.30. The summed E-state index contributed by atoms with van der Waals surface area (Å²) in [7, 11) is 0. The summed E-state index contributed by atoms with van der Waals surface area (Å²) < 4.78 is 1.98. The third-order valence-electron chi connectivity index (χ3n) is 2.62. The van der Waals surface area contributed by atoms with Crippen molar-refractivity contribution in [2.45, 2.75) is 59.9 Å². The first-order valence-electron chi connectivity index (χ1n) is 6.47. The average molecular weight is 223 g/mol. The fourth-order valence-electron chi connectivity index (χ4n) is 1.79. The molecule has 0 spiro atoms. The number of aromatic nitrogens is 3. The van der Waals surface area contributed by atoms with Crippen LogP contribution in [0.4, 0.5) is 0 Å². The van der Waals surface area contributed by atoms with Crippen molar-refractivity contribution in [1.29, 1.82) is 0 Å². The molecule has 1 rings (SSSR count). The van der Waals surface area contributed by atoms with E-state index in [2.05, 4.69) is 44.2 Å². The summed E-state index contributed by atoms with van der Waals surface area (Å²) in [6.07, 6.45) is 6.94. The minimum absolute atomic E-state index is 0.658. The highest BCUT2D eigenvalue weighted by Crippen LogP contribution is 2.08. The largest absolute Gasteiger partial charge is 0.252 e. The standard InChI is InChI=1S/C13H25N3/c1-11(2)7-5-6-8-16-10-13(14-15-16)9-12(3)4/h10-12H,5-9H2,1-4H3. The van der Waals surface area contributed by atoms with Crippen LogP contribution in [0, 0.1) is 11.8 Å². The highest BCUT2D eigenvalue weighted by atomic mass is 15.4. The molecule has 0 amide bonds. The Labute approximate surface area is 99.2 Å². The van der Waals surface area contributed by atoms with Crippen LogP contribution in [0.15, 0.2) is 6.20 Å². The van der Waals surface area contributed by atoms with Gasteiger partial charge in [0.25, 0.3) is 0 Å². The van der Waals surface area contributed by atoms with E-state index in [1.165, 1.54) is 19.3 Å². The summed E-state index contributed by atoms with van der Waals surface area (Å²) in [6.45, 7) is 9.98. The molecule has 0 N–H and O–H groups in total. The summed E-state index contributed by atoms with van der Waals surface area (Å²) in [6, 6.07) is 0. The fraction of sp³-hybridized carbons (Fsp3) is 0.846. The van der Waals surface area contributed by atoms with E-state index in [9.17, 15) is 0 Å². The Morgan fingerprint density at radius 1 is 1.12 bits per heavy atom. The first-order chi connectivity index (χ1) is 7.58. The molecule has 0 aliphatic heterocycles. The molecule has 1 aromatic rings. The Bertz CT molecular complexity index is 289. The van der Waals surface area contributed by atoms with Gasteiger partial charge in [0.1, 0.15) is 0 Å². The minimum Gasteiger partial charge on any atom is -0.252 e. The second-order valence-corrected chi connectivity index (χ2v) is 5.46. The Morgan fingerprint density at radius 3 is 2.50 bits per heavy atom. The molecule has 16 heavy (non-hydrogen) atoms. The van der Waals surface area contributed by atoms with Gasteiger partial charge >= 0.3 is 0 Å². The van der Waals surface area contributed by atoms with Crippen LogP contribution >= 0.6 is 0 Å². The zero-order valence-electron chi connectivity index (χ0n) is 11.1. The number of nitrogens with zero attached hydrogens (tertiary/aromatic N) is 3. The average Bonchev–Trinajstić information content (AvgIpc) is 2.59. The highest BCUT2D eigenvalue weighted by molar-refractivity contribution is 4.92. The molecule has 92 valence electrons. The van der Waals surface area contributed by atoms with Crippen molar-refractivity contribution in [1.82, 2.24) is 15.0 Å². The molecule has 0 fully saturated rings. The van der Waals surface area contributed by atoms with Gasteiger partial charge in [0, 0.05) is 12.7 Å². The van der Waals surface area contributed by atoms with Gasteiger partial charge in [0.05, 0.1) is 5.69 Å². The van der Waals surface area contributed by atoms with Crippen molar-refractivity contribution in [3.63, 3.8) is 0 Å². The zero-order chi connectivity index (χ0) is 12.0. The third-order valence-corrected chi connectivity index (χ3v) is 2.62. The molecule has 1 heterocycles. The van der Waals surface area contributed by atoms with Crippen molar-refractivity contribution in [3.8, 4) is 0 Å². The Hall–Kier alpha value is -0.860. The van der Waals surface area contributed by atoms with E-state index < -0.39 is 0 Å². The van der Waals surface area contributed by atoms with Gasteiger partial charge in [-0.3, -0.25) is 4.68 Å². The van der Waals surface area contributed by atoms with Gasteiger partial charge in [-0.25, -0.2) is 0 Å². The van der Waals surface area contributed by atoms with E-state index in [4.69, 9.17) is 0 Å². The molecule has 0 atom stereocenters. The highest BCUT2D eigenvalue weighted by Gasteiger charge is 2.03. The molecule has 0 bridgehead atoms. The first kappa shape index (κ1) is 13.2. The molecule has 3 heteroatoms. The lowest BCUT2D eigenvalue weighted by Gasteiger charge is -2.03. The predicted molar refractivity (Wildman–Crippen MR) is 67.3 cm³/mol.